The molecule has 1 aromatic heterocycles. The minimum absolute atomic E-state index is 0.129. The summed E-state index contributed by atoms with van der Waals surface area (Å²) < 4.78 is 21.1. The quantitative estimate of drug-likeness (QED) is 0.194. The van der Waals surface area contributed by atoms with Crippen molar-refractivity contribution < 1.29 is 9.13 Å². The van der Waals surface area contributed by atoms with Crippen molar-refractivity contribution >= 4 is 45.7 Å². The van der Waals surface area contributed by atoms with Crippen molar-refractivity contribution in [2.24, 2.45) is 12.0 Å². The lowest BCUT2D eigenvalue weighted by Gasteiger charge is -2.19. The van der Waals surface area contributed by atoms with E-state index in [0.717, 1.165) is 67.0 Å². The Labute approximate surface area is 267 Å². The van der Waals surface area contributed by atoms with Gasteiger partial charge in [-0.3, -0.25) is 14.3 Å². The maximum atomic E-state index is 12.6. The number of benzene rings is 3. The highest BCUT2D eigenvalue weighted by atomic mass is 35.5. The van der Waals surface area contributed by atoms with Gasteiger partial charge < -0.3 is 9.30 Å². The third kappa shape index (κ3) is 6.48. The van der Waals surface area contributed by atoms with Crippen LogP contribution in [0.4, 0.5) is 4.39 Å². The monoisotopic (exact) mass is 635 g/mol. The molecule has 0 amide bonds. The number of hydrogen-bond acceptors (Lipinski definition) is 4. The van der Waals surface area contributed by atoms with Crippen LogP contribution in [0.3, 0.4) is 0 Å². The molecule has 0 bridgehead atoms. The summed E-state index contributed by atoms with van der Waals surface area (Å²) >= 11 is 14.8. The number of thiazole rings is 1. The third-order valence-corrected chi connectivity index (χ3v) is 10.1. The van der Waals surface area contributed by atoms with Gasteiger partial charge in [0.1, 0.15) is 11.9 Å². The maximum absolute atomic E-state index is 12.6. The number of alkyl halides is 1. The predicted octanol–water partition coefficient (Wildman–Crippen LogP) is 8.70. The number of aryl methyl sites for hydroxylation is 1. The van der Waals surface area contributed by atoms with Gasteiger partial charge in [-0.1, -0.05) is 53.5 Å². The van der Waals surface area contributed by atoms with Gasteiger partial charge in [0.05, 0.1) is 12.4 Å². The average molecular weight is 637 g/mol. The van der Waals surface area contributed by atoms with Crippen molar-refractivity contribution in [2.45, 2.75) is 38.2 Å². The number of fused-ring (bicyclic) bond motifs is 1. The fourth-order valence-electron chi connectivity index (χ4n) is 6.39. The van der Waals surface area contributed by atoms with Crippen LogP contribution in [0.1, 0.15) is 47.9 Å². The summed E-state index contributed by atoms with van der Waals surface area (Å²) in [5.41, 5.74) is 9.51. The molecule has 1 fully saturated rings. The van der Waals surface area contributed by atoms with Gasteiger partial charge in [0, 0.05) is 49.2 Å². The molecule has 6 rings (SSSR count). The second-order valence-corrected chi connectivity index (χ2v) is 13.0. The first-order valence-electron chi connectivity index (χ1n) is 14.9. The molecule has 0 spiro atoms. The van der Waals surface area contributed by atoms with Crippen LogP contribution in [0.25, 0.3) is 22.4 Å². The molecule has 224 valence electrons. The van der Waals surface area contributed by atoms with Gasteiger partial charge in [-0.2, -0.15) is 0 Å². The Morgan fingerprint density at radius 2 is 1.79 bits per heavy atom. The topological polar surface area (TPSA) is 29.8 Å². The zero-order valence-electron chi connectivity index (χ0n) is 24.6. The predicted molar refractivity (Wildman–Crippen MR) is 178 cm³/mol. The first-order valence-corrected chi connectivity index (χ1v) is 16.5. The summed E-state index contributed by atoms with van der Waals surface area (Å²) in [7, 11) is 3.91. The van der Waals surface area contributed by atoms with Crippen molar-refractivity contribution in [3.63, 3.8) is 0 Å². The first-order chi connectivity index (χ1) is 20.9. The Balaban J connectivity index is 1.38. The molecule has 4 aromatic rings. The van der Waals surface area contributed by atoms with E-state index in [9.17, 15) is 4.39 Å². The molecular weight excluding hydrogens is 600 g/mol. The van der Waals surface area contributed by atoms with Gasteiger partial charge in [0.2, 0.25) is 0 Å². The smallest absolute Gasteiger partial charge is 0.184 e. The summed E-state index contributed by atoms with van der Waals surface area (Å²) in [6.45, 7) is 2.32. The molecule has 4 nitrogen and oxygen atoms in total. The molecule has 0 unspecified atom stereocenters. The van der Waals surface area contributed by atoms with E-state index in [2.05, 4.69) is 69.4 Å². The number of nitrogens with zero attached hydrogens (tertiary/aromatic N) is 3. The van der Waals surface area contributed by atoms with Crippen LogP contribution in [0.15, 0.2) is 71.0 Å². The standard InChI is InChI=1S/C35H36Cl2FN3OS/c1-39-35-40(2)33(22-43-35)25-9-13-29-24(19-25)5-3-6-31(30-14-10-26(36)20-32(30)37)34(29)23-7-11-27(12-8-23)42-28-15-18-41(21-28)17-4-16-38/h7-14,19-20,22,28H,3-6,15-18,21H2,1-2H3/t28-/m0/s1. The fourth-order valence-corrected chi connectivity index (χ4v) is 7.78. The van der Waals surface area contributed by atoms with Crippen LogP contribution >= 0.6 is 34.5 Å². The van der Waals surface area contributed by atoms with Crippen molar-refractivity contribution in [3.8, 4) is 17.0 Å². The molecular formula is C35H36Cl2FN3OS. The van der Waals surface area contributed by atoms with E-state index in [0.29, 0.717) is 16.5 Å². The Hall–Kier alpha value is -2.90. The van der Waals surface area contributed by atoms with Gasteiger partial charge in [-0.25, -0.2) is 0 Å². The van der Waals surface area contributed by atoms with E-state index in [-0.39, 0.29) is 12.8 Å². The number of allylic oxidation sites excluding steroid dienone is 1. The highest BCUT2D eigenvalue weighted by molar-refractivity contribution is 7.07. The third-order valence-electron chi connectivity index (χ3n) is 8.50. The highest BCUT2D eigenvalue weighted by Gasteiger charge is 2.25. The Bertz CT molecular complexity index is 1710. The highest BCUT2D eigenvalue weighted by Crippen LogP contribution is 2.43. The normalized spacial score (nSPS) is 17.8. The van der Waals surface area contributed by atoms with Gasteiger partial charge >= 0.3 is 0 Å². The molecule has 1 saturated heterocycles. The van der Waals surface area contributed by atoms with E-state index >= 15 is 0 Å². The van der Waals surface area contributed by atoms with Gasteiger partial charge in [-0.15, -0.1) is 11.3 Å². The van der Waals surface area contributed by atoms with Crippen molar-refractivity contribution in [1.82, 2.24) is 9.47 Å². The molecule has 43 heavy (non-hydrogen) atoms. The SMILES string of the molecule is CN=c1scc(-c2ccc3c(c2)CCCC(c2ccc(Cl)cc2Cl)=C3c2ccc(O[C@H]3CCN(CCCF)C3)cc2)n1C. The number of ether oxygens (including phenoxy) is 1. The number of likely N-dealkylation sites (tertiary alicyclic amines) is 1. The molecule has 0 radical (unpaired) electrons. The van der Waals surface area contributed by atoms with E-state index < -0.39 is 0 Å². The Morgan fingerprint density at radius 1 is 1.00 bits per heavy atom. The summed E-state index contributed by atoms with van der Waals surface area (Å²) in [5, 5.41) is 3.48. The van der Waals surface area contributed by atoms with Crippen molar-refractivity contribution in [1.29, 1.82) is 0 Å². The zero-order chi connectivity index (χ0) is 29.9. The van der Waals surface area contributed by atoms with Crippen LogP contribution in [-0.2, 0) is 13.5 Å². The van der Waals surface area contributed by atoms with E-state index in [4.69, 9.17) is 27.9 Å². The van der Waals surface area contributed by atoms with Gasteiger partial charge in [0.15, 0.2) is 4.80 Å². The Morgan fingerprint density at radius 3 is 2.53 bits per heavy atom. The molecule has 1 atom stereocenters. The van der Waals surface area contributed by atoms with Crippen molar-refractivity contribution in [3.05, 3.63) is 103 Å². The van der Waals surface area contributed by atoms with Gasteiger partial charge in [-0.05, 0) is 101 Å². The summed E-state index contributed by atoms with van der Waals surface area (Å²) in [6.07, 6.45) is 4.57. The minimum atomic E-state index is -0.268. The van der Waals surface area contributed by atoms with Crippen LogP contribution in [0, 0.1) is 0 Å². The van der Waals surface area contributed by atoms with Crippen molar-refractivity contribution in [2.75, 3.05) is 33.4 Å². The second kappa shape index (κ2) is 13.4. The lowest BCUT2D eigenvalue weighted by Crippen LogP contribution is -2.26. The molecule has 2 heterocycles. The van der Waals surface area contributed by atoms with Crippen LogP contribution < -0.4 is 9.54 Å². The Kier molecular flexibility index (Phi) is 9.39. The molecule has 1 aliphatic carbocycles. The molecule has 1 aliphatic heterocycles. The van der Waals surface area contributed by atoms with Gasteiger partial charge in [0.25, 0.3) is 0 Å². The van der Waals surface area contributed by atoms with E-state index in [1.807, 2.05) is 25.2 Å². The lowest BCUT2D eigenvalue weighted by molar-refractivity contribution is 0.198. The maximum Gasteiger partial charge on any atom is 0.184 e. The van der Waals surface area contributed by atoms with Crippen LogP contribution in [-0.4, -0.2) is 48.9 Å². The molecule has 0 N–H and O–H groups in total. The molecule has 0 saturated carbocycles. The summed E-state index contributed by atoms with van der Waals surface area (Å²) in [5.74, 6) is 0.860. The molecule has 2 aliphatic rings. The summed E-state index contributed by atoms with van der Waals surface area (Å²) in [4.78, 5) is 7.69. The molecule has 8 heteroatoms. The first kappa shape index (κ1) is 30.1. The number of hydrogen-bond donors (Lipinski definition) is 0. The lowest BCUT2D eigenvalue weighted by atomic mass is 9.87. The second-order valence-electron chi connectivity index (χ2n) is 11.3. The molecule has 3 aromatic carbocycles. The summed E-state index contributed by atoms with van der Waals surface area (Å²) in [6, 6.07) is 21.1. The largest absolute Gasteiger partial charge is 0.489 e. The zero-order valence-corrected chi connectivity index (χ0v) is 26.9. The van der Waals surface area contributed by atoms with Crippen LogP contribution in [0.2, 0.25) is 10.0 Å². The van der Waals surface area contributed by atoms with E-state index in [1.54, 1.807) is 11.3 Å². The number of halogens is 3. The van der Waals surface area contributed by atoms with Crippen LogP contribution in [0.5, 0.6) is 5.75 Å². The van der Waals surface area contributed by atoms with E-state index in [1.165, 1.54) is 33.5 Å². The fraction of sp³-hybridized carbons (Fsp3) is 0.343. The average Bonchev–Trinajstić information content (AvgIpc) is 3.56. The minimum Gasteiger partial charge on any atom is -0.489 e. The number of aromatic nitrogens is 1. The number of rotatable bonds is 8.